The van der Waals surface area contributed by atoms with Crippen LogP contribution in [0.3, 0.4) is 0 Å². The van der Waals surface area contributed by atoms with Crippen molar-refractivity contribution in [2.75, 3.05) is 0 Å². The van der Waals surface area contributed by atoms with Crippen molar-refractivity contribution in [3.8, 4) is 0 Å². The van der Waals surface area contributed by atoms with E-state index in [-0.39, 0.29) is 6.04 Å². The summed E-state index contributed by atoms with van der Waals surface area (Å²) < 4.78 is 0. The van der Waals surface area contributed by atoms with Crippen LogP contribution in [0, 0.1) is 10.1 Å². The Morgan fingerprint density at radius 1 is 1.30 bits per heavy atom. The zero-order valence-corrected chi connectivity index (χ0v) is 5.82. The molecule has 1 aliphatic rings. The van der Waals surface area contributed by atoms with Gasteiger partial charge in [-0.2, -0.15) is 0 Å². The average molecular weight is 143 g/mol. The molecular weight excluding hydrogens is 132 g/mol. The Labute approximate surface area is 59.7 Å². The van der Waals surface area contributed by atoms with E-state index in [9.17, 15) is 10.1 Å². The van der Waals surface area contributed by atoms with Crippen LogP contribution in [0.4, 0.5) is 0 Å². The first-order valence-electron chi connectivity index (χ1n) is 3.64. The summed E-state index contributed by atoms with van der Waals surface area (Å²) >= 11 is 0. The van der Waals surface area contributed by atoms with Crippen LogP contribution in [0.15, 0.2) is 5.29 Å². The van der Waals surface area contributed by atoms with Gasteiger partial charge in [0, 0.05) is 11.3 Å². The maximum absolute atomic E-state index is 10.6. The minimum atomic E-state index is -0.133. The Hall–Kier alpha value is -0.640. The molecule has 0 spiro atoms. The normalized spacial score (nSPS) is 20.5. The van der Waals surface area contributed by atoms with E-state index < -0.39 is 0 Å². The first-order chi connectivity index (χ1) is 4.84. The van der Waals surface area contributed by atoms with Gasteiger partial charge in [-0.05, 0) is 12.8 Å². The van der Waals surface area contributed by atoms with E-state index >= 15 is 0 Å². The van der Waals surface area contributed by atoms with E-state index in [1.165, 1.54) is 6.42 Å². The number of nitrogens with zero attached hydrogens (tertiary/aromatic N) is 2. The maximum Gasteiger partial charge on any atom is 0.0417 e. The third-order valence-corrected chi connectivity index (χ3v) is 1.97. The Morgan fingerprint density at radius 3 is 2.40 bits per heavy atom. The summed E-state index contributed by atoms with van der Waals surface area (Å²) in [6, 6.07) is -0.133. The number of hydrogen-bond acceptors (Lipinski definition) is 3. The molecule has 10 heavy (non-hydrogen) atoms. The fourth-order valence-electron chi connectivity index (χ4n) is 1.37. The number of hydroxylamine groups is 1. The molecule has 4 nitrogen and oxygen atoms in total. The van der Waals surface area contributed by atoms with Gasteiger partial charge >= 0.3 is 0 Å². The predicted octanol–water partition coefficient (Wildman–Crippen LogP) is 1.80. The molecular formula is C6H11N2O2-. The van der Waals surface area contributed by atoms with Crippen LogP contribution >= 0.6 is 0 Å². The summed E-state index contributed by atoms with van der Waals surface area (Å²) in [5.41, 5.74) is 0. The van der Waals surface area contributed by atoms with Gasteiger partial charge < -0.3 is 10.4 Å². The molecule has 0 saturated heterocycles. The Bertz CT molecular complexity index is 112. The fraction of sp³-hybridized carbons (Fsp3) is 1.00. The maximum atomic E-state index is 10.6. The average Bonchev–Trinajstić information content (AvgIpc) is 2.05. The molecule has 0 unspecified atom stereocenters. The Kier molecular flexibility index (Phi) is 2.62. The molecule has 1 fully saturated rings. The molecule has 1 rings (SSSR count). The summed E-state index contributed by atoms with van der Waals surface area (Å²) in [5, 5.41) is 13.2. The highest BCUT2D eigenvalue weighted by Gasteiger charge is 2.14. The van der Waals surface area contributed by atoms with Crippen LogP contribution in [-0.2, 0) is 0 Å². The second kappa shape index (κ2) is 3.51. The summed E-state index contributed by atoms with van der Waals surface area (Å²) in [6.07, 6.45) is 4.95. The fourth-order valence-corrected chi connectivity index (χ4v) is 1.37. The lowest BCUT2D eigenvalue weighted by atomic mass is 9.96. The lowest BCUT2D eigenvalue weighted by Gasteiger charge is -2.33. The van der Waals surface area contributed by atoms with Gasteiger partial charge in [0.05, 0.1) is 0 Å². The Balaban J connectivity index is 2.30. The quantitative estimate of drug-likeness (QED) is 0.437. The van der Waals surface area contributed by atoms with E-state index in [4.69, 9.17) is 0 Å². The number of nitroso groups, excluding NO2 is 1. The van der Waals surface area contributed by atoms with Crippen molar-refractivity contribution in [1.82, 2.24) is 5.17 Å². The van der Waals surface area contributed by atoms with Crippen molar-refractivity contribution in [2.24, 2.45) is 5.29 Å². The van der Waals surface area contributed by atoms with E-state index in [1.54, 1.807) is 0 Å². The van der Waals surface area contributed by atoms with E-state index in [2.05, 4.69) is 5.29 Å². The highest BCUT2D eigenvalue weighted by Crippen LogP contribution is 2.21. The molecule has 0 bridgehead atoms. The molecule has 0 radical (unpaired) electrons. The van der Waals surface area contributed by atoms with Gasteiger partial charge in [-0.3, -0.25) is 0 Å². The van der Waals surface area contributed by atoms with Crippen molar-refractivity contribution in [3.63, 3.8) is 0 Å². The van der Waals surface area contributed by atoms with Gasteiger partial charge in [0.25, 0.3) is 0 Å². The minimum absolute atomic E-state index is 0.133. The second-order valence-corrected chi connectivity index (χ2v) is 2.68. The van der Waals surface area contributed by atoms with Crippen LogP contribution < -0.4 is 0 Å². The van der Waals surface area contributed by atoms with Crippen LogP contribution in [0.25, 0.3) is 0 Å². The summed E-state index contributed by atoms with van der Waals surface area (Å²) in [4.78, 5) is 9.77. The molecule has 1 saturated carbocycles. The SMILES string of the molecule is O=NN([O-])C1CCCCC1. The number of rotatable bonds is 2. The minimum Gasteiger partial charge on any atom is -0.739 e. The van der Waals surface area contributed by atoms with Gasteiger partial charge in [0.15, 0.2) is 0 Å². The van der Waals surface area contributed by atoms with Gasteiger partial charge in [0.2, 0.25) is 0 Å². The van der Waals surface area contributed by atoms with E-state index in [0.29, 0.717) is 5.17 Å². The standard InChI is InChI=1S/C6H11N2O2/c9-7-8(10)6-4-2-1-3-5-6/h6H,1-5H2/q-1. The van der Waals surface area contributed by atoms with Gasteiger partial charge in [-0.1, -0.05) is 19.3 Å². The van der Waals surface area contributed by atoms with Crippen molar-refractivity contribution in [1.29, 1.82) is 0 Å². The molecule has 4 heteroatoms. The molecule has 1 aliphatic carbocycles. The third-order valence-electron chi connectivity index (χ3n) is 1.97. The second-order valence-electron chi connectivity index (χ2n) is 2.68. The molecule has 0 aromatic heterocycles. The lowest BCUT2D eigenvalue weighted by molar-refractivity contribution is 0.223. The van der Waals surface area contributed by atoms with Gasteiger partial charge in [-0.15, -0.1) is 4.91 Å². The first-order valence-corrected chi connectivity index (χ1v) is 3.64. The van der Waals surface area contributed by atoms with Crippen LogP contribution in [0.5, 0.6) is 0 Å². The molecule has 0 aromatic carbocycles. The molecule has 0 aliphatic heterocycles. The zero-order chi connectivity index (χ0) is 7.40. The summed E-state index contributed by atoms with van der Waals surface area (Å²) in [5.74, 6) is 0. The molecule has 0 atom stereocenters. The van der Waals surface area contributed by atoms with Gasteiger partial charge in [-0.25, -0.2) is 0 Å². The van der Waals surface area contributed by atoms with Crippen LogP contribution in [0.1, 0.15) is 32.1 Å². The molecule has 0 aromatic rings. The Morgan fingerprint density at radius 2 is 1.90 bits per heavy atom. The first kappa shape index (κ1) is 7.47. The smallest absolute Gasteiger partial charge is 0.0417 e. The topological polar surface area (TPSA) is 55.7 Å². The van der Waals surface area contributed by atoms with Crippen molar-refractivity contribution in [3.05, 3.63) is 10.1 Å². The van der Waals surface area contributed by atoms with Crippen molar-refractivity contribution < 1.29 is 0 Å². The molecule has 0 N–H and O–H groups in total. The van der Waals surface area contributed by atoms with E-state index in [1.807, 2.05) is 0 Å². The van der Waals surface area contributed by atoms with Crippen molar-refractivity contribution in [2.45, 2.75) is 38.1 Å². The monoisotopic (exact) mass is 143 g/mol. The van der Waals surface area contributed by atoms with Crippen LogP contribution in [-0.4, -0.2) is 11.2 Å². The highest BCUT2D eigenvalue weighted by atomic mass is 16.6. The van der Waals surface area contributed by atoms with E-state index in [0.717, 1.165) is 25.7 Å². The summed E-state index contributed by atoms with van der Waals surface area (Å²) in [6.45, 7) is 0. The molecule has 0 amide bonds. The summed E-state index contributed by atoms with van der Waals surface area (Å²) in [7, 11) is 0. The van der Waals surface area contributed by atoms with Crippen molar-refractivity contribution >= 4 is 0 Å². The molecule has 0 heterocycles. The van der Waals surface area contributed by atoms with Crippen LogP contribution in [0.2, 0.25) is 0 Å². The number of hydrogen-bond donors (Lipinski definition) is 0. The molecule has 58 valence electrons. The predicted molar refractivity (Wildman–Crippen MR) is 37.9 cm³/mol. The largest absolute Gasteiger partial charge is 0.739 e. The van der Waals surface area contributed by atoms with Gasteiger partial charge in [0.1, 0.15) is 0 Å². The lowest BCUT2D eigenvalue weighted by Crippen LogP contribution is -2.27. The third kappa shape index (κ3) is 1.67. The zero-order valence-electron chi connectivity index (χ0n) is 5.82. The highest BCUT2D eigenvalue weighted by molar-refractivity contribution is 4.73.